The third kappa shape index (κ3) is 5.86. The van der Waals surface area contributed by atoms with Gasteiger partial charge in [-0.15, -0.1) is 0 Å². The number of rotatable bonds is 9. The number of carbonyl (C=O) groups is 1. The summed E-state index contributed by atoms with van der Waals surface area (Å²) in [5.74, 6) is 0.427. The Morgan fingerprint density at radius 3 is 2.39 bits per heavy atom. The van der Waals surface area contributed by atoms with Gasteiger partial charge in [-0.25, -0.2) is 4.98 Å². The molecule has 0 radical (unpaired) electrons. The first-order valence-corrected chi connectivity index (χ1v) is 13.1. The molecule has 6 N–H and O–H groups in total. The third-order valence-electron chi connectivity index (χ3n) is 7.65. The van der Waals surface area contributed by atoms with E-state index < -0.39 is 16.8 Å². The van der Waals surface area contributed by atoms with Gasteiger partial charge in [-0.2, -0.15) is 0 Å². The zero-order valence-corrected chi connectivity index (χ0v) is 22.7. The number of fused-ring (bicyclic) bond motifs is 2. The lowest BCUT2D eigenvalue weighted by Crippen LogP contribution is -2.55. The van der Waals surface area contributed by atoms with Crippen LogP contribution in [0, 0.1) is 5.41 Å². The van der Waals surface area contributed by atoms with Gasteiger partial charge in [0.25, 0.3) is 5.91 Å². The number of hydrogen-bond acceptors (Lipinski definition) is 7. The van der Waals surface area contributed by atoms with Gasteiger partial charge in [0, 0.05) is 31.2 Å². The maximum atomic E-state index is 13.1. The van der Waals surface area contributed by atoms with E-state index in [9.17, 15) is 20.1 Å². The fourth-order valence-electron chi connectivity index (χ4n) is 5.51. The van der Waals surface area contributed by atoms with Crippen LogP contribution in [0.15, 0.2) is 65.6 Å². The van der Waals surface area contributed by atoms with Crippen molar-refractivity contribution >= 4 is 11.7 Å². The van der Waals surface area contributed by atoms with E-state index in [1.54, 1.807) is 31.5 Å². The molecule has 206 valence electrons. The SMILES string of the molecule is C\C=C/C(NC(=O)c1ncc(NC)[nH]1)=C(\C=C\C1(O)C[C@@]2(CO)C=C[C@@](CO)(C1)O2)C1=CCC(C)(C)CC1. The second-order valence-corrected chi connectivity index (χ2v) is 11.4. The zero-order chi connectivity index (χ0) is 27.6. The van der Waals surface area contributed by atoms with Crippen LogP contribution in [-0.4, -0.2) is 68.3 Å². The third-order valence-corrected chi connectivity index (χ3v) is 7.65. The van der Waals surface area contributed by atoms with Gasteiger partial charge in [-0.1, -0.05) is 50.3 Å². The molecule has 3 aliphatic rings. The zero-order valence-electron chi connectivity index (χ0n) is 22.7. The number of aliphatic hydroxyl groups excluding tert-OH is 2. The molecular weight excluding hydrogens is 484 g/mol. The molecule has 1 aromatic heterocycles. The molecule has 1 aliphatic carbocycles. The summed E-state index contributed by atoms with van der Waals surface area (Å²) in [5, 5.41) is 37.7. The maximum absolute atomic E-state index is 13.1. The Morgan fingerprint density at radius 1 is 1.18 bits per heavy atom. The number of aliphatic hydroxyl groups is 3. The van der Waals surface area contributed by atoms with Crippen molar-refractivity contribution in [1.29, 1.82) is 0 Å². The van der Waals surface area contributed by atoms with Crippen LogP contribution in [0.5, 0.6) is 0 Å². The molecule has 0 spiro atoms. The number of H-pyrrole nitrogens is 1. The van der Waals surface area contributed by atoms with E-state index in [4.69, 9.17) is 4.74 Å². The predicted molar refractivity (Wildman–Crippen MR) is 146 cm³/mol. The van der Waals surface area contributed by atoms with Gasteiger partial charge in [0.2, 0.25) is 0 Å². The summed E-state index contributed by atoms with van der Waals surface area (Å²) >= 11 is 0. The van der Waals surface area contributed by atoms with Crippen LogP contribution < -0.4 is 10.6 Å². The monoisotopic (exact) mass is 524 g/mol. The molecule has 2 aliphatic heterocycles. The summed E-state index contributed by atoms with van der Waals surface area (Å²) in [6.07, 6.45) is 17.5. The van der Waals surface area contributed by atoms with Gasteiger partial charge in [0.1, 0.15) is 17.0 Å². The second-order valence-electron chi connectivity index (χ2n) is 11.4. The number of amides is 1. The molecule has 0 aromatic carbocycles. The first-order chi connectivity index (χ1) is 18.0. The summed E-state index contributed by atoms with van der Waals surface area (Å²) in [5.41, 5.74) is -0.803. The van der Waals surface area contributed by atoms with Gasteiger partial charge in [-0.05, 0) is 43.3 Å². The van der Waals surface area contributed by atoms with Crippen LogP contribution in [-0.2, 0) is 4.74 Å². The minimum Gasteiger partial charge on any atom is -0.393 e. The standard InChI is InChI=1S/C29H40N4O5/c1-5-6-22(32-25(36)24-31-15-23(30-4)33-24)21(20-7-10-26(2,3)11-8-20)9-12-27(37)16-28(18-34)13-14-29(17-27,19-35)38-28/h5-7,9,12-15,30,34-35,37H,8,10-11,16-19H2,1-4H3,(H,31,33)(H,32,36)/b6-5-,12-9+,22-21-/t27?,28-,29+. The molecule has 9 heteroatoms. The molecular formula is C29H40N4O5. The van der Waals surface area contributed by atoms with Gasteiger partial charge in [-0.3, -0.25) is 4.79 Å². The summed E-state index contributed by atoms with van der Waals surface area (Å²) in [6, 6.07) is 0. The average molecular weight is 525 g/mol. The molecule has 38 heavy (non-hydrogen) atoms. The van der Waals surface area contributed by atoms with Gasteiger partial charge in [0.15, 0.2) is 5.82 Å². The largest absolute Gasteiger partial charge is 0.393 e. The minimum atomic E-state index is -1.35. The normalized spacial score (nSPS) is 31.0. The molecule has 1 saturated heterocycles. The smallest absolute Gasteiger partial charge is 0.291 e. The van der Waals surface area contributed by atoms with E-state index in [1.807, 2.05) is 25.2 Å². The van der Waals surface area contributed by atoms with E-state index in [1.165, 1.54) is 0 Å². The summed E-state index contributed by atoms with van der Waals surface area (Å²) in [6.45, 7) is 5.74. The Hall–Kier alpha value is -2.98. The number of aromatic amines is 1. The molecule has 9 nitrogen and oxygen atoms in total. The fourth-order valence-corrected chi connectivity index (χ4v) is 5.51. The number of hydrogen-bond donors (Lipinski definition) is 6. The van der Waals surface area contributed by atoms with Crippen molar-refractivity contribution in [3.05, 3.63) is 71.4 Å². The molecule has 1 amide bonds. The number of anilines is 1. The highest BCUT2D eigenvalue weighted by molar-refractivity contribution is 5.92. The van der Waals surface area contributed by atoms with Gasteiger partial charge >= 0.3 is 0 Å². The summed E-state index contributed by atoms with van der Waals surface area (Å²) < 4.78 is 6.00. The van der Waals surface area contributed by atoms with E-state index >= 15 is 0 Å². The molecule has 0 saturated carbocycles. The number of nitrogens with zero attached hydrogens (tertiary/aromatic N) is 1. The average Bonchev–Trinajstić information content (AvgIpc) is 3.48. The van der Waals surface area contributed by atoms with Crippen molar-refractivity contribution in [2.75, 3.05) is 25.6 Å². The van der Waals surface area contributed by atoms with Crippen molar-refractivity contribution in [3.63, 3.8) is 0 Å². The first kappa shape index (κ1) is 28.0. The van der Waals surface area contributed by atoms with Crippen LogP contribution in [0.4, 0.5) is 5.82 Å². The maximum Gasteiger partial charge on any atom is 0.291 e. The Morgan fingerprint density at radius 2 is 1.87 bits per heavy atom. The molecule has 1 aromatic rings. The predicted octanol–water partition coefficient (Wildman–Crippen LogP) is 3.28. The number of nitrogens with one attached hydrogen (secondary N) is 3. The Bertz CT molecular complexity index is 1190. The number of carbonyl (C=O) groups excluding carboxylic acids is 1. The number of aromatic nitrogens is 2. The summed E-state index contributed by atoms with van der Waals surface area (Å²) in [7, 11) is 1.74. The van der Waals surface area contributed by atoms with Crippen LogP contribution in [0.25, 0.3) is 0 Å². The fraction of sp³-hybridized carbons (Fsp3) is 0.517. The second kappa shape index (κ2) is 10.6. The van der Waals surface area contributed by atoms with Crippen LogP contribution in [0.2, 0.25) is 0 Å². The Balaban J connectivity index is 1.73. The van der Waals surface area contributed by atoms with Crippen LogP contribution in [0.3, 0.4) is 0 Å². The highest BCUT2D eigenvalue weighted by atomic mass is 16.6. The Labute approximate surface area is 224 Å². The molecule has 3 atom stereocenters. The van der Waals surface area contributed by atoms with Crippen molar-refractivity contribution in [1.82, 2.24) is 15.3 Å². The lowest BCUT2D eigenvalue weighted by Gasteiger charge is -2.46. The summed E-state index contributed by atoms with van der Waals surface area (Å²) in [4.78, 5) is 20.2. The molecule has 4 rings (SSSR count). The first-order valence-electron chi connectivity index (χ1n) is 13.1. The highest BCUT2D eigenvalue weighted by Gasteiger charge is 2.56. The topological polar surface area (TPSA) is 140 Å². The molecule has 1 unspecified atom stereocenters. The van der Waals surface area contributed by atoms with E-state index in [0.29, 0.717) is 11.5 Å². The van der Waals surface area contributed by atoms with Crippen molar-refractivity contribution in [3.8, 4) is 0 Å². The van der Waals surface area contributed by atoms with Crippen LogP contribution in [0.1, 0.15) is 63.5 Å². The number of imidazole rings is 1. The van der Waals surface area contributed by atoms with E-state index in [2.05, 4.69) is 40.5 Å². The van der Waals surface area contributed by atoms with E-state index in [0.717, 1.165) is 30.4 Å². The quantitative estimate of drug-likeness (QED) is 0.215. The minimum absolute atomic E-state index is 0.148. The van der Waals surface area contributed by atoms with Crippen molar-refractivity contribution in [2.24, 2.45) is 5.41 Å². The highest BCUT2D eigenvalue weighted by Crippen LogP contribution is 2.48. The van der Waals surface area contributed by atoms with Gasteiger partial charge < -0.3 is 35.7 Å². The Kier molecular flexibility index (Phi) is 7.86. The van der Waals surface area contributed by atoms with Gasteiger partial charge in [0.05, 0.1) is 25.0 Å². The number of ether oxygens (including phenoxy) is 1. The van der Waals surface area contributed by atoms with Crippen molar-refractivity contribution < 1.29 is 24.9 Å². The number of allylic oxidation sites excluding steroid dienone is 6. The van der Waals surface area contributed by atoms with Crippen molar-refractivity contribution in [2.45, 2.75) is 69.7 Å². The molecule has 2 bridgehead atoms. The molecule has 1 fully saturated rings. The van der Waals surface area contributed by atoms with E-state index in [-0.39, 0.29) is 43.2 Å². The lowest BCUT2D eigenvalue weighted by atomic mass is 9.75. The lowest BCUT2D eigenvalue weighted by molar-refractivity contribution is -0.204. The van der Waals surface area contributed by atoms with Crippen LogP contribution >= 0.6 is 0 Å². The molecule has 3 heterocycles.